The number of piperidine rings is 3. The van der Waals surface area contributed by atoms with Crippen LogP contribution in [-0.4, -0.2) is 50.0 Å². The van der Waals surface area contributed by atoms with Gasteiger partial charge < -0.3 is 10.4 Å². The number of carbonyl (C=O) groups excluding carboxylic acids is 1. The summed E-state index contributed by atoms with van der Waals surface area (Å²) in [7, 11) is 0. The molecule has 2 bridgehead atoms. The molecule has 0 aliphatic carbocycles. The lowest BCUT2D eigenvalue weighted by atomic mass is 9.75. The smallest absolute Gasteiger partial charge is 0.224 e. The van der Waals surface area contributed by atoms with E-state index in [-0.39, 0.29) is 11.8 Å². The van der Waals surface area contributed by atoms with Gasteiger partial charge in [0.05, 0.1) is 18.7 Å². The molecule has 7 nitrogen and oxygen atoms in total. The van der Waals surface area contributed by atoms with E-state index in [1.165, 1.54) is 0 Å². The van der Waals surface area contributed by atoms with E-state index in [1.807, 2.05) is 41.2 Å². The lowest BCUT2D eigenvalue weighted by molar-refractivity contribution is -0.133. The lowest BCUT2D eigenvalue weighted by Crippen LogP contribution is -2.58. The Labute approximate surface area is 165 Å². The maximum absolute atomic E-state index is 12.7. The minimum atomic E-state index is -0.980. The topological polar surface area (TPSA) is 83.3 Å². The van der Waals surface area contributed by atoms with E-state index in [1.54, 1.807) is 13.8 Å². The highest BCUT2D eigenvalue weighted by atomic mass is 16.3. The number of aliphatic hydroxyl groups is 1. The molecular formula is C21H29N5O2. The maximum Gasteiger partial charge on any atom is 0.224 e. The van der Waals surface area contributed by atoms with Crippen LogP contribution in [0, 0.1) is 11.8 Å². The van der Waals surface area contributed by atoms with Crippen LogP contribution >= 0.6 is 0 Å². The molecule has 3 aliphatic rings. The summed E-state index contributed by atoms with van der Waals surface area (Å²) in [6.45, 7) is 6.61. The van der Waals surface area contributed by atoms with Gasteiger partial charge in [-0.25, -0.2) is 0 Å². The highest BCUT2D eigenvalue weighted by Crippen LogP contribution is 2.37. The van der Waals surface area contributed by atoms with Crippen molar-refractivity contribution in [1.29, 1.82) is 0 Å². The molecule has 3 aliphatic heterocycles. The fourth-order valence-electron chi connectivity index (χ4n) is 4.43. The predicted octanol–water partition coefficient (Wildman–Crippen LogP) is 1.53. The summed E-state index contributed by atoms with van der Waals surface area (Å²) < 4.78 is 1.82. The first-order valence-electron chi connectivity index (χ1n) is 10.1. The average molecular weight is 383 g/mol. The van der Waals surface area contributed by atoms with Crippen molar-refractivity contribution in [2.45, 2.75) is 51.4 Å². The third kappa shape index (κ3) is 4.10. The minimum Gasteiger partial charge on any atom is -0.384 e. The third-order valence-electron chi connectivity index (χ3n) is 6.09. The van der Waals surface area contributed by atoms with Gasteiger partial charge in [0.1, 0.15) is 11.3 Å². The Balaban J connectivity index is 1.34. The fourth-order valence-corrected chi connectivity index (χ4v) is 4.43. The van der Waals surface area contributed by atoms with Gasteiger partial charge in [0, 0.05) is 19.1 Å². The number of hydrogen-bond acceptors (Lipinski definition) is 5. The molecule has 3 saturated heterocycles. The number of hydrogen-bond donors (Lipinski definition) is 2. The fraction of sp³-hybridized carbons (Fsp3) is 0.571. The Morgan fingerprint density at radius 2 is 2.11 bits per heavy atom. The highest BCUT2D eigenvalue weighted by Gasteiger charge is 2.43. The Bertz CT molecular complexity index is 814. The van der Waals surface area contributed by atoms with Gasteiger partial charge in [-0.2, -0.15) is 0 Å². The number of fused-ring (bicyclic) bond motifs is 3. The molecule has 0 spiro atoms. The van der Waals surface area contributed by atoms with Crippen LogP contribution in [0.25, 0.3) is 0 Å². The van der Waals surface area contributed by atoms with Gasteiger partial charge >= 0.3 is 0 Å². The number of nitrogens with one attached hydrogen (secondary N) is 1. The largest absolute Gasteiger partial charge is 0.384 e. The van der Waals surface area contributed by atoms with E-state index in [9.17, 15) is 9.90 Å². The molecule has 2 aromatic rings. The second kappa shape index (κ2) is 7.64. The molecular weight excluding hydrogens is 354 g/mol. The van der Waals surface area contributed by atoms with E-state index in [0.717, 1.165) is 38.0 Å². The zero-order chi connectivity index (χ0) is 19.7. The number of rotatable bonds is 6. The van der Waals surface area contributed by atoms with E-state index in [4.69, 9.17) is 0 Å². The Morgan fingerprint density at radius 3 is 2.75 bits per heavy atom. The molecule has 1 aromatic heterocycles. The van der Waals surface area contributed by atoms with Gasteiger partial charge in [-0.1, -0.05) is 35.5 Å². The normalized spacial score (nSPS) is 27.0. The molecule has 4 heterocycles. The molecule has 7 heteroatoms. The first kappa shape index (κ1) is 19.1. The number of nitrogens with zero attached hydrogens (tertiary/aromatic N) is 4. The number of aromatic nitrogens is 3. The van der Waals surface area contributed by atoms with Crippen molar-refractivity contribution >= 4 is 5.91 Å². The first-order valence-corrected chi connectivity index (χ1v) is 10.1. The van der Waals surface area contributed by atoms with Crippen LogP contribution in [-0.2, 0) is 23.5 Å². The van der Waals surface area contributed by atoms with E-state index in [2.05, 4.69) is 20.5 Å². The number of benzene rings is 1. The van der Waals surface area contributed by atoms with Crippen LogP contribution in [0.3, 0.4) is 0 Å². The summed E-state index contributed by atoms with van der Waals surface area (Å²) in [5, 5.41) is 21.5. The van der Waals surface area contributed by atoms with E-state index in [0.29, 0.717) is 24.2 Å². The average Bonchev–Trinajstić information content (AvgIpc) is 3.16. The van der Waals surface area contributed by atoms with Crippen molar-refractivity contribution in [2.24, 2.45) is 11.8 Å². The molecule has 1 amide bonds. The molecule has 4 unspecified atom stereocenters. The SMILES string of the molecule is CC(C)(O)c1cn(CC2CC3CCN2CC3C(=O)NCc2ccccc2)nn1. The second-order valence-corrected chi connectivity index (χ2v) is 8.63. The molecule has 28 heavy (non-hydrogen) atoms. The second-order valence-electron chi connectivity index (χ2n) is 8.63. The lowest BCUT2D eigenvalue weighted by Gasteiger charge is -2.49. The highest BCUT2D eigenvalue weighted by molar-refractivity contribution is 5.79. The predicted molar refractivity (Wildman–Crippen MR) is 105 cm³/mol. The molecule has 2 N–H and O–H groups in total. The van der Waals surface area contributed by atoms with Gasteiger partial charge in [0.2, 0.25) is 5.91 Å². The van der Waals surface area contributed by atoms with E-state index >= 15 is 0 Å². The summed E-state index contributed by atoms with van der Waals surface area (Å²) in [6, 6.07) is 10.4. The monoisotopic (exact) mass is 383 g/mol. The summed E-state index contributed by atoms with van der Waals surface area (Å²) in [5.41, 5.74) is 0.733. The third-order valence-corrected chi connectivity index (χ3v) is 6.09. The Morgan fingerprint density at radius 1 is 1.32 bits per heavy atom. The number of amides is 1. The zero-order valence-corrected chi connectivity index (χ0v) is 16.6. The molecule has 1 aromatic carbocycles. The van der Waals surface area contributed by atoms with Gasteiger partial charge in [-0.15, -0.1) is 5.10 Å². The van der Waals surface area contributed by atoms with Gasteiger partial charge in [0.25, 0.3) is 0 Å². The summed E-state index contributed by atoms with van der Waals surface area (Å²) in [4.78, 5) is 15.2. The summed E-state index contributed by atoms with van der Waals surface area (Å²) >= 11 is 0. The standard InChI is InChI=1S/C21H29N5O2/c1-21(2,28)19-14-26(24-23-19)12-17-10-16-8-9-25(17)13-18(16)20(27)22-11-15-6-4-3-5-7-15/h3-7,14,16-18,28H,8-13H2,1-2H3,(H,22,27). The van der Waals surface area contributed by atoms with E-state index < -0.39 is 5.60 Å². The first-order chi connectivity index (χ1) is 13.4. The molecule has 150 valence electrons. The van der Waals surface area contributed by atoms with Crippen molar-refractivity contribution in [3.63, 3.8) is 0 Å². The summed E-state index contributed by atoms with van der Waals surface area (Å²) in [6.07, 6.45) is 3.90. The van der Waals surface area contributed by atoms with Crippen LogP contribution in [0.1, 0.15) is 37.9 Å². The quantitative estimate of drug-likeness (QED) is 0.791. The van der Waals surface area contributed by atoms with Crippen molar-refractivity contribution in [1.82, 2.24) is 25.2 Å². The summed E-state index contributed by atoms with van der Waals surface area (Å²) in [5.74, 6) is 0.654. The van der Waals surface area contributed by atoms with Crippen molar-refractivity contribution in [3.8, 4) is 0 Å². The van der Waals surface area contributed by atoms with Crippen molar-refractivity contribution in [2.75, 3.05) is 13.1 Å². The van der Waals surface area contributed by atoms with Gasteiger partial charge in [-0.05, 0) is 44.7 Å². The molecule has 5 rings (SSSR count). The molecule has 0 saturated carbocycles. The van der Waals surface area contributed by atoms with Crippen LogP contribution < -0.4 is 5.32 Å². The van der Waals surface area contributed by atoms with Crippen LogP contribution in [0.5, 0.6) is 0 Å². The minimum absolute atomic E-state index is 0.0661. The molecule has 3 fully saturated rings. The van der Waals surface area contributed by atoms with Gasteiger partial charge in [-0.3, -0.25) is 14.4 Å². The van der Waals surface area contributed by atoms with Crippen LogP contribution in [0.2, 0.25) is 0 Å². The van der Waals surface area contributed by atoms with Crippen molar-refractivity contribution < 1.29 is 9.90 Å². The maximum atomic E-state index is 12.7. The number of carbonyl (C=O) groups is 1. The van der Waals surface area contributed by atoms with Gasteiger partial charge in [0.15, 0.2) is 0 Å². The van der Waals surface area contributed by atoms with Crippen LogP contribution in [0.15, 0.2) is 36.5 Å². The van der Waals surface area contributed by atoms with Crippen LogP contribution in [0.4, 0.5) is 0 Å². The Hall–Kier alpha value is -2.25. The van der Waals surface area contributed by atoms with Crippen molar-refractivity contribution in [3.05, 3.63) is 47.8 Å². The molecule has 4 atom stereocenters. The molecule has 0 radical (unpaired) electrons. The Kier molecular flexibility index (Phi) is 5.21. The zero-order valence-electron chi connectivity index (χ0n) is 16.6.